The number of amides is 1. The Morgan fingerprint density at radius 2 is 2.00 bits per heavy atom. The number of halogens is 1. The number of nitrogens with zero attached hydrogens (tertiary/aromatic N) is 1. The molecule has 2 aromatic carbocycles. The lowest BCUT2D eigenvalue weighted by molar-refractivity contribution is 0.0954. The summed E-state index contributed by atoms with van der Waals surface area (Å²) in [6.07, 6.45) is 2.10. The molecule has 1 fully saturated rings. The third-order valence-corrected chi connectivity index (χ3v) is 6.89. The Morgan fingerprint density at radius 1 is 1.21 bits per heavy atom. The van der Waals surface area contributed by atoms with Gasteiger partial charge in [0.25, 0.3) is 5.91 Å². The highest BCUT2D eigenvalue weighted by Crippen LogP contribution is 2.28. The average Bonchev–Trinajstić information content (AvgIpc) is 2.67. The van der Waals surface area contributed by atoms with Crippen LogP contribution in [0.3, 0.4) is 0 Å². The molecule has 1 aliphatic heterocycles. The molecule has 1 aliphatic rings. The molecule has 1 amide bonds. The smallest absolute Gasteiger partial charge is 0.252 e. The number of sulfonamides is 1. The van der Waals surface area contributed by atoms with Gasteiger partial charge in [0.1, 0.15) is 5.75 Å². The van der Waals surface area contributed by atoms with E-state index in [1.807, 2.05) is 24.3 Å². The Morgan fingerprint density at radius 3 is 2.71 bits per heavy atom. The first kappa shape index (κ1) is 20.5. The SMILES string of the molecule is COc1ccccc1CCNC(=O)c1ccc(N2CCCCS2(=O)=O)cc1Cl. The molecule has 0 atom stereocenters. The Bertz CT molecular complexity index is 962. The van der Waals surface area contributed by atoms with Gasteiger partial charge in [0.15, 0.2) is 0 Å². The zero-order chi connectivity index (χ0) is 20.1. The number of benzene rings is 2. The van der Waals surface area contributed by atoms with Gasteiger partial charge in [0.2, 0.25) is 10.0 Å². The minimum absolute atomic E-state index is 0.135. The van der Waals surface area contributed by atoms with Crippen molar-refractivity contribution in [1.29, 1.82) is 0 Å². The fourth-order valence-corrected chi connectivity index (χ4v) is 5.13. The van der Waals surface area contributed by atoms with Gasteiger partial charge in [-0.3, -0.25) is 9.10 Å². The molecule has 1 saturated heterocycles. The molecule has 2 aromatic rings. The van der Waals surface area contributed by atoms with Gasteiger partial charge in [-0.1, -0.05) is 29.8 Å². The molecule has 0 aromatic heterocycles. The Balaban J connectivity index is 1.66. The van der Waals surface area contributed by atoms with E-state index in [2.05, 4.69) is 5.32 Å². The minimum atomic E-state index is -3.32. The molecule has 8 heteroatoms. The number of nitrogens with one attached hydrogen (secondary N) is 1. The molecule has 0 unspecified atom stereocenters. The van der Waals surface area contributed by atoms with Crippen LogP contribution in [0.5, 0.6) is 5.75 Å². The number of hydrogen-bond donors (Lipinski definition) is 1. The van der Waals surface area contributed by atoms with E-state index < -0.39 is 10.0 Å². The second kappa shape index (κ2) is 8.84. The molecule has 1 N–H and O–H groups in total. The number of methoxy groups -OCH3 is 1. The van der Waals surface area contributed by atoms with E-state index in [9.17, 15) is 13.2 Å². The van der Waals surface area contributed by atoms with Crippen molar-refractivity contribution in [2.45, 2.75) is 19.3 Å². The fourth-order valence-electron chi connectivity index (χ4n) is 3.24. The summed E-state index contributed by atoms with van der Waals surface area (Å²) in [6, 6.07) is 12.4. The van der Waals surface area contributed by atoms with E-state index in [0.29, 0.717) is 37.2 Å². The summed E-state index contributed by atoms with van der Waals surface area (Å²) in [5.41, 5.74) is 1.82. The van der Waals surface area contributed by atoms with Crippen LogP contribution in [-0.2, 0) is 16.4 Å². The molecule has 150 valence electrons. The lowest BCUT2D eigenvalue weighted by Gasteiger charge is -2.28. The lowest BCUT2D eigenvalue weighted by Crippen LogP contribution is -2.37. The molecule has 0 saturated carbocycles. The number of para-hydroxylation sites is 1. The van der Waals surface area contributed by atoms with Gasteiger partial charge in [0.05, 0.1) is 29.1 Å². The summed E-state index contributed by atoms with van der Waals surface area (Å²) in [6.45, 7) is 0.862. The van der Waals surface area contributed by atoms with Crippen molar-refractivity contribution in [3.63, 3.8) is 0 Å². The van der Waals surface area contributed by atoms with Crippen molar-refractivity contribution in [3.8, 4) is 5.75 Å². The van der Waals surface area contributed by atoms with E-state index in [1.54, 1.807) is 25.3 Å². The van der Waals surface area contributed by atoms with Crippen LogP contribution < -0.4 is 14.4 Å². The highest BCUT2D eigenvalue weighted by atomic mass is 35.5. The van der Waals surface area contributed by atoms with Crippen LogP contribution in [0.2, 0.25) is 5.02 Å². The molecule has 1 heterocycles. The van der Waals surface area contributed by atoms with Crippen LogP contribution in [0.4, 0.5) is 5.69 Å². The standard InChI is InChI=1S/C20H23ClN2O4S/c1-27-19-7-3-2-6-15(19)10-11-22-20(24)17-9-8-16(14-18(17)21)23-12-4-5-13-28(23,25)26/h2-3,6-9,14H,4-5,10-13H2,1H3,(H,22,24). The van der Waals surface area contributed by atoms with Gasteiger partial charge in [-0.05, 0) is 49.1 Å². The van der Waals surface area contributed by atoms with Crippen molar-refractivity contribution in [2.75, 3.05) is 30.3 Å². The predicted molar refractivity (Wildman–Crippen MR) is 111 cm³/mol. The van der Waals surface area contributed by atoms with Crippen LogP contribution in [0, 0.1) is 0 Å². The van der Waals surface area contributed by atoms with Crippen molar-refractivity contribution in [1.82, 2.24) is 5.32 Å². The maximum absolute atomic E-state index is 12.5. The molecule has 0 aliphatic carbocycles. The zero-order valence-electron chi connectivity index (χ0n) is 15.7. The topological polar surface area (TPSA) is 75.7 Å². The molecule has 6 nitrogen and oxygen atoms in total. The summed E-state index contributed by atoms with van der Waals surface area (Å²) in [5.74, 6) is 0.616. The first-order valence-electron chi connectivity index (χ1n) is 9.12. The fraction of sp³-hybridized carbons (Fsp3) is 0.350. The summed E-state index contributed by atoms with van der Waals surface area (Å²) >= 11 is 6.28. The number of carbonyl (C=O) groups excluding carboxylic acids is 1. The summed E-state index contributed by atoms with van der Waals surface area (Å²) in [7, 11) is -1.70. The van der Waals surface area contributed by atoms with Crippen molar-refractivity contribution in [3.05, 3.63) is 58.6 Å². The van der Waals surface area contributed by atoms with Gasteiger partial charge >= 0.3 is 0 Å². The van der Waals surface area contributed by atoms with Crippen molar-refractivity contribution < 1.29 is 17.9 Å². The summed E-state index contributed by atoms with van der Waals surface area (Å²) in [4.78, 5) is 12.5. The normalized spacial score (nSPS) is 15.9. The molecular formula is C20H23ClN2O4S. The summed E-state index contributed by atoms with van der Waals surface area (Å²) in [5, 5.41) is 3.07. The van der Waals surface area contributed by atoms with Crippen molar-refractivity contribution in [2.24, 2.45) is 0 Å². The second-order valence-corrected chi connectivity index (χ2v) is 9.00. The van der Waals surface area contributed by atoms with Crippen LogP contribution in [0.1, 0.15) is 28.8 Å². The monoisotopic (exact) mass is 422 g/mol. The maximum atomic E-state index is 12.5. The van der Waals surface area contributed by atoms with Gasteiger partial charge in [-0.2, -0.15) is 0 Å². The van der Waals surface area contributed by atoms with E-state index in [4.69, 9.17) is 16.3 Å². The largest absolute Gasteiger partial charge is 0.496 e. The molecule has 3 rings (SSSR count). The number of anilines is 1. The van der Waals surface area contributed by atoms with Gasteiger partial charge < -0.3 is 10.1 Å². The minimum Gasteiger partial charge on any atom is -0.496 e. The third kappa shape index (κ3) is 4.59. The van der Waals surface area contributed by atoms with Gasteiger partial charge in [-0.15, -0.1) is 0 Å². The molecule has 28 heavy (non-hydrogen) atoms. The van der Waals surface area contributed by atoms with E-state index in [-0.39, 0.29) is 16.7 Å². The third-order valence-electron chi connectivity index (χ3n) is 4.71. The Kier molecular flexibility index (Phi) is 6.46. The molecule has 0 bridgehead atoms. The Labute approximate surface area is 170 Å². The van der Waals surface area contributed by atoms with Gasteiger partial charge in [-0.25, -0.2) is 8.42 Å². The van der Waals surface area contributed by atoms with Gasteiger partial charge in [0, 0.05) is 13.1 Å². The molecule has 0 spiro atoms. The van der Waals surface area contributed by atoms with E-state index in [0.717, 1.165) is 17.7 Å². The maximum Gasteiger partial charge on any atom is 0.252 e. The number of hydrogen-bond acceptors (Lipinski definition) is 4. The van der Waals surface area contributed by atoms with Crippen LogP contribution in [0.25, 0.3) is 0 Å². The number of ether oxygens (including phenoxy) is 1. The molecular weight excluding hydrogens is 400 g/mol. The molecule has 0 radical (unpaired) electrons. The van der Waals surface area contributed by atoms with Crippen LogP contribution in [0.15, 0.2) is 42.5 Å². The average molecular weight is 423 g/mol. The number of carbonyl (C=O) groups is 1. The second-order valence-electron chi connectivity index (χ2n) is 6.58. The Hall–Kier alpha value is -2.25. The number of rotatable bonds is 6. The lowest BCUT2D eigenvalue weighted by atomic mass is 10.1. The quantitative estimate of drug-likeness (QED) is 0.775. The van der Waals surface area contributed by atoms with Crippen LogP contribution >= 0.6 is 11.6 Å². The van der Waals surface area contributed by atoms with E-state index >= 15 is 0 Å². The first-order chi connectivity index (χ1) is 13.4. The highest BCUT2D eigenvalue weighted by Gasteiger charge is 2.26. The summed E-state index contributed by atoms with van der Waals surface area (Å²) < 4.78 is 31.1. The van der Waals surface area contributed by atoms with Crippen molar-refractivity contribution >= 4 is 33.2 Å². The first-order valence-corrected chi connectivity index (χ1v) is 11.1. The van der Waals surface area contributed by atoms with E-state index in [1.165, 1.54) is 4.31 Å². The van der Waals surface area contributed by atoms with Crippen LogP contribution in [-0.4, -0.2) is 40.3 Å². The predicted octanol–water partition coefficient (Wildman–Crippen LogP) is 3.25. The zero-order valence-corrected chi connectivity index (χ0v) is 17.2. The highest BCUT2D eigenvalue weighted by molar-refractivity contribution is 7.92.